The van der Waals surface area contributed by atoms with Crippen molar-refractivity contribution in [1.29, 1.82) is 0 Å². The molecule has 0 spiro atoms. The van der Waals surface area contributed by atoms with Gasteiger partial charge in [-0.3, -0.25) is 9.69 Å². The van der Waals surface area contributed by atoms with Crippen molar-refractivity contribution in [1.82, 2.24) is 9.21 Å². The molecular weight excluding hydrogens is 434 g/mol. The fourth-order valence-electron chi connectivity index (χ4n) is 3.99. The number of amides is 1. The van der Waals surface area contributed by atoms with E-state index in [1.54, 1.807) is 25.2 Å². The lowest BCUT2D eigenvalue weighted by molar-refractivity contribution is 0.0993. The first-order valence-corrected chi connectivity index (χ1v) is 12.5. The van der Waals surface area contributed by atoms with Crippen molar-refractivity contribution >= 4 is 21.6 Å². The number of carbonyl (C=O) groups is 1. The van der Waals surface area contributed by atoms with Gasteiger partial charge in [0.15, 0.2) is 0 Å². The molecule has 1 aliphatic heterocycles. The first-order chi connectivity index (χ1) is 15.8. The van der Waals surface area contributed by atoms with Crippen LogP contribution in [0, 0.1) is 6.92 Å². The van der Waals surface area contributed by atoms with Crippen molar-refractivity contribution in [3.05, 3.63) is 95.6 Å². The predicted molar refractivity (Wildman–Crippen MR) is 131 cm³/mol. The minimum Gasteiger partial charge on any atom is -0.311 e. The van der Waals surface area contributed by atoms with Gasteiger partial charge >= 0.3 is 0 Å². The van der Waals surface area contributed by atoms with Gasteiger partial charge in [0, 0.05) is 51.0 Å². The minimum absolute atomic E-state index is 0.155. The maximum atomic E-state index is 13.3. The van der Waals surface area contributed by atoms with Crippen LogP contribution in [0.5, 0.6) is 0 Å². The molecule has 33 heavy (non-hydrogen) atoms. The van der Waals surface area contributed by atoms with Crippen LogP contribution in [0.3, 0.4) is 0 Å². The second kappa shape index (κ2) is 9.87. The van der Waals surface area contributed by atoms with Gasteiger partial charge in [0.05, 0.1) is 4.90 Å². The Hall–Kier alpha value is -3.00. The molecule has 1 aliphatic rings. The van der Waals surface area contributed by atoms with Crippen molar-refractivity contribution in [3.8, 4) is 0 Å². The highest BCUT2D eigenvalue weighted by atomic mass is 32.2. The standard InChI is InChI=1S/C26H29N3O3S/c1-21-11-13-24(14-12-21)27(2)26(30)23-9-6-10-25(19-23)33(31,32)29-17-15-28(16-18-29)20-22-7-4-3-5-8-22/h3-14,19H,15-18,20H2,1-2H3. The summed E-state index contributed by atoms with van der Waals surface area (Å²) in [6.45, 7) is 4.99. The van der Waals surface area contributed by atoms with Crippen LogP contribution in [-0.2, 0) is 16.6 Å². The van der Waals surface area contributed by atoms with Gasteiger partial charge in [0.2, 0.25) is 10.0 Å². The summed E-state index contributed by atoms with van der Waals surface area (Å²) in [5.41, 5.74) is 3.43. The Morgan fingerprint density at radius 3 is 2.21 bits per heavy atom. The quantitative estimate of drug-likeness (QED) is 0.558. The second-order valence-electron chi connectivity index (χ2n) is 8.39. The highest BCUT2D eigenvalue weighted by molar-refractivity contribution is 7.89. The van der Waals surface area contributed by atoms with Gasteiger partial charge in [-0.1, -0.05) is 54.1 Å². The van der Waals surface area contributed by atoms with E-state index in [-0.39, 0.29) is 10.8 Å². The molecule has 3 aromatic carbocycles. The molecule has 0 atom stereocenters. The lowest BCUT2D eigenvalue weighted by Crippen LogP contribution is -2.48. The van der Waals surface area contributed by atoms with Crippen LogP contribution < -0.4 is 4.90 Å². The Kier molecular flexibility index (Phi) is 6.93. The number of anilines is 1. The number of hydrogen-bond donors (Lipinski definition) is 0. The fraction of sp³-hybridized carbons (Fsp3) is 0.269. The largest absolute Gasteiger partial charge is 0.311 e. The van der Waals surface area contributed by atoms with Crippen LogP contribution in [-0.4, -0.2) is 56.8 Å². The Morgan fingerprint density at radius 1 is 0.879 bits per heavy atom. The van der Waals surface area contributed by atoms with E-state index in [2.05, 4.69) is 17.0 Å². The van der Waals surface area contributed by atoms with Crippen LogP contribution in [0.1, 0.15) is 21.5 Å². The molecule has 1 fully saturated rings. The van der Waals surface area contributed by atoms with E-state index in [0.717, 1.165) is 17.8 Å². The van der Waals surface area contributed by atoms with E-state index in [1.165, 1.54) is 20.8 Å². The maximum Gasteiger partial charge on any atom is 0.258 e. The smallest absolute Gasteiger partial charge is 0.258 e. The summed E-state index contributed by atoms with van der Waals surface area (Å²) < 4.78 is 28.1. The lowest BCUT2D eigenvalue weighted by atomic mass is 10.1. The Labute approximate surface area is 196 Å². The fourth-order valence-corrected chi connectivity index (χ4v) is 5.46. The molecule has 0 saturated carbocycles. The monoisotopic (exact) mass is 463 g/mol. The van der Waals surface area contributed by atoms with Gasteiger partial charge in [-0.05, 0) is 42.8 Å². The van der Waals surface area contributed by atoms with Gasteiger partial charge in [-0.15, -0.1) is 0 Å². The summed E-state index contributed by atoms with van der Waals surface area (Å²) in [6, 6.07) is 24.2. The first-order valence-electron chi connectivity index (χ1n) is 11.1. The third-order valence-corrected chi connectivity index (χ3v) is 7.92. The number of aryl methyl sites for hydroxylation is 1. The molecule has 1 saturated heterocycles. The van der Waals surface area contributed by atoms with Gasteiger partial charge in [-0.2, -0.15) is 4.31 Å². The highest BCUT2D eigenvalue weighted by Gasteiger charge is 2.29. The van der Waals surface area contributed by atoms with Crippen LogP contribution in [0.4, 0.5) is 5.69 Å². The molecule has 0 N–H and O–H groups in total. The summed E-state index contributed by atoms with van der Waals surface area (Å²) >= 11 is 0. The third-order valence-electron chi connectivity index (χ3n) is 6.02. The predicted octanol–water partition coefficient (Wildman–Crippen LogP) is 3.78. The third kappa shape index (κ3) is 5.33. The molecule has 0 radical (unpaired) electrons. The van der Waals surface area contributed by atoms with Crippen molar-refractivity contribution in [2.75, 3.05) is 38.1 Å². The van der Waals surface area contributed by atoms with Gasteiger partial charge < -0.3 is 4.90 Å². The summed E-state index contributed by atoms with van der Waals surface area (Å²) in [6.07, 6.45) is 0. The van der Waals surface area contributed by atoms with E-state index >= 15 is 0 Å². The molecule has 4 rings (SSSR count). The molecule has 6 nitrogen and oxygen atoms in total. The van der Waals surface area contributed by atoms with E-state index in [4.69, 9.17) is 0 Å². The average molecular weight is 464 g/mol. The first kappa shape index (κ1) is 23.2. The molecule has 1 heterocycles. The zero-order chi connectivity index (χ0) is 23.4. The zero-order valence-corrected chi connectivity index (χ0v) is 19.8. The van der Waals surface area contributed by atoms with Crippen LogP contribution >= 0.6 is 0 Å². The molecule has 0 unspecified atom stereocenters. The van der Waals surface area contributed by atoms with Crippen molar-refractivity contribution < 1.29 is 13.2 Å². The minimum atomic E-state index is -3.67. The van der Waals surface area contributed by atoms with Gasteiger partial charge in [0.25, 0.3) is 5.91 Å². The van der Waals surface area contributed by atoms with E-state index in [9.17, 15) is 13.2 Å². The molecule has 172 valence electrons. The molecular formula is C26H29N3O3S. The van der Waals surface area contributed by atoms with E-state index in [0.29, 0.717) is 31.7 Å². The highest BCUT2D eigenvalue weighted by Crippen LogP contribution is 2.22. The summed E-state index contributed by atoms with van der Waals surface area (Å²) in [5, 5.41) is 0. The Bertz CT molecular complexity index is 1200. The topological polar surface area (TPSA) is 60.9 Å². The average Bonchev–Trinajstić information content (AvgIpc) is 2.85. The number of rotatable bonds is 6. The molecule has 0 bridgehead atoms. The van der Waals surface area contributed by atoms with Crippen LogP contribution in [0.2, 0.25) is 0 Å². The number of nitrogens with zero attached hydrogens (tertiary/aromatic N) is 3. The summed E-state index contributed by atoms with van der Waals surface area (Å²) in [4.78, 5) is 17.0. The Morgan fingerprint density at radius 2 is 1.55 bits per heavy atom. The number of piperazine rings is 1. The van der Waals surface area contributed by atoms with Crippen molar-refractivity contribution in [3.63, 3.8) is 0 Å². The summed E-state index contributed by atoms with van der Waals surface area (Å²) in [5.74, 6) is -0.247. The summed E-state index contributed by atoms with van der Waals surface area (Å²) in [7, 11) is -1.98. The SMILES string of the molecule is Cc1ccc(N(C)C(=O)c2cccc(S(=O)(=O)N3CCN(Cc4ccccc4)CC3)c2)cc1. The van der Waals surface area contributed by atoms with Crippen molar-refractivity contribution in [2.45, 2.75) is 18.4 Å². The molecule has 1 amide bonds. The number of benzene rings is 3. The molecule has 0 aromatic heterocycles. The van der Waals surface area contributed by atoms with E-state index in [1.807, 2.05) is 49.4 Å². The number of hydrogen-bond acceptors (Lipinski definition) is 4. The van der Waals surface area contributed by atoms with E-state index < -0.39 is 10.0 Å². The Balaban J connectivity index is 1.45. The molecule has 0 aliphatic carbocycles. The lowest BCUT2D eigenvalue weighted by Gasteiger charge is -2.34. The normalized spacial score (nSPS) is 15.3. The molecule has 7 heteroatoms. The van der Waals surface area contributed by atoms with Crippen LogP contribution in [0.15, 0.2) is 83.8 Å². The number of sulfonamides is 1. The van der Waals surface area contributed by atoms with Gasteiger partial charge in [-0.25, -0.2) is 8.42 Å². The number of carbonyl (C=O) groups excluding carboxylic acids is 1. The van der Waals surface area contributed by atoms with Crippen molar-refractivity contribution in [2.24, 2.45) is 0 Å². The molecule has 3 aromatic rings. The van der Waals surface area contributed by atoms with Gasteiger partial charge in [0.1, 0.15) is 0 Å². The zero-order valence-electron chi connectivity index (χ0n) is 19.0. The van der Waals surface area contributed by atoms with Crippen LogP contribution in [0.25, 0.3) is 0 Å². The maximum absolute atomic E-state index is 13.3. The second-order valence-corrected chi connectivity index (χ2v) is 10.3.